The highest BCUT2D eigenvalue weighted by Gasteiger charge is 2.20. The van der Waals surface area contributed by atoms with E-state index in [2.05, 4.69) is 22.1 Å². The van der Waals surface area contributed by atoms with Crippen molar-refractivity contribution in [3.63, 3.8) is 0 Å². The van der Waals surface area contributed by atoms with Crippen LogP contribution in [0.15, 0.2) is 29.6 Å². The average Bonchev–Trinajstić information content (AvgIpc) is 2.88. The van der Waals surface area contributed by atoms with Crippen LogP contribution < -0.4 is 0 Å². The van der Waals surface area contributed by atoms with E-state index in [9.17, 15) is 4.79 Å². The third-order valence-electron chi connectivity index (χ3n) is 3.04. The minimum Gasteiger partial charge on any atom is -0.481 e. The molecule has 6 nitrogen and oxygen atoms in total. The molecule has 7 heteroatoms. The van der Waals surface area contributed by atoms with E-state index >= 15 is 0 Å². The van der Waals surface area contributed by atoms with Crippen molar-refractivity contribution in [2.75, 3.05) is 5.75 Å². The van der Waals surface area contributed by atoms with Crippen molar-refractivity contribution < 1.29 is 9.90 Å². The number of nitrogens with zero attached hydrogens (tertiary/aromatic N) is 4. The zero-order valence-corrected chi connectivity index (χ0v) is 12.9. The number of carbonyl (C=O) groups is 1. The second-order valence-electron chi connectivity index (χ2n) is 4.63. The van der Waals surface area contributed by atoms with Gasteiger partial charge in [0.25, 0.3) is 0 Å². The Bertz CT molecular complexity index is 600. The third kappa shape index (κ3) is 3.81. The lowest BCUT2D eigenvalue weighted by Gasteiger charge is -2.17. The van der Waals surface area contributed by atoms with Crippen molar-refractivity contribution in [3.05, 3.63) is 35.9 Å². The lowest BCUT2D eigenvalue weighted by atomic mass is 10.2. The van der Waals surface area contributed by atoms with Gasteiger partial charge in [-0.1, -0.05) is 24.8 Å². The Balaban J connectivity index is 2.33. The monoisotopic (exact) mass is 306 g/mol. The van der Waals surface area contributed by atoms with Gasteiger partial charge in [-0.05, 0) is 25.5 Å². The van der Waals surface area contributed by atoms with E-state index in [1.807, 2.05) is 29.7 Å². The molecule has 2 aromatic rings. The van der Waals surface area contributed by atoms with Gasteiger partial charge in [-0.15, -0.1) is 10.2 Å². The molecule has 2 aromatic heterocycles. The summed E-state index contributed by atoms with van der Waals surface area (Å²) < 4.78 is 1.99. The molecule has 2 heterocycles. The zero-order chi connectivity index (χ0) is 15.2. The highest BCUT2D eigenvalue weighted by Crippen LogP contribution is 2.25. The Kier molecular flexibility index (Phi) is 5.32. The van der Waals surface area contributed by atoms with Gasteiger partial charge in [0.1, 0.15) is 5.82 Å². The molecular weight excluding hydrogens is 288 g/mol. The number of aryl methyl sites for hydroxylation is 1. The largest absolute Gasteiger partial charge is 0.481 e. The van der Waals surface area contributed by atoms with Crippen LogP contribution in [0.1, 0.15) is 37.8 Å². The van der Waals surface area contributed by atoms with Gasteiger partial charge in [0.15, 0.2) is 5.16 Å². The first-order valence-electron chi connectivity index (χ1n) is 6.82. The lowest BCUT2D eigenvalue weighted by Crippen LogP contribution is -2.14. The number of pyridine rings is 1. The van der Waals surface area contributed by atoms with Gasteiger partial charge in [0, 0.05) is 12.6 Å². The molecule has 112 valence electrons. The Morgan fingerprint density at radius 2 is 2.24 bits per heavy atom. The molecule has 0 saturated heterocycles. The molecule has 0 aliphatic carbocycles. The fourth-order valence-electron chi connectivity index (χ4n) is 2.07. The number of aliphatic carboxylic acids is 1. The van der Waals surface area contributed by atoms with Crippen molar-refractivity contribution in [1.29, 1.82) is 0 Å². The molecule has 0 aliphatic rings. The zero-order valence-electron chi connectivity index (χ0n) is 12.1. The predicted octanol–water partition coefficient (Wildman–Crippen LogP) is 2.41. The van der Waals surface area contributed by atoms with Gasteiger partial charge >= 0.3 is 5.97 Å². The standard InChI is InChI=1S/C14H18N4O2S/c1-3-6-12-16-17-14(21-9-13(19)20)18(12)10(2)11-7-4-5-8-15-11/h4-5,7-8,10H,3,6,9H2,1-2H3,(H,19,20). The molecule has 1 atom stereocenters. The van der Waals surface area contributed by atoms with Crippen molar-refractivity contribution in [3.8, 4) is 0 Å². The summed E-state index contributed by atoms with van der Waals surface area (Å²) in [6.45, 7) is 4.10. The second-order valence-corrected chi connectivity index (χ2v) is 5.57. The normalized spacial score (nSPS) is 12.3. The van der Waals surface area contributed by atoms with Crippen LogP contribution in [0.5, 0.6) is 0 Å². The third-order valence-corrected chi connectivity index (χ3v) is 3.96. The summed E-state index contributed by atoms with van der Waals surface area (Å²) in [6, 6.07) is 5.73. The molecule has 0 aliphatic heterocycles. The van der Waals surface area contributed by atoms with Gasteiger partial charge in [0.05, 0.1) is 17.5 Å². The van der Waals surface area contributed by atoms with Gasteiger partial charge in [-0.2, -0.15) is 0 Å². The fraction of sp³-hybridized carbons (Fsp3) is 0.429. The number of carboxylic acid groups (broad SMARTS) is 1. The summed E-state index contributed by atoms with van der Waals surface area (Å²) >= 11 is 1.19. The molecule has 2 rings (SSSR count). The van der Waals surface area contributed by atoms with Gasteiger partial charge < -0.3 is 5.11 Å². The molecule has 0 fully saturated rings. The van der Waals surface area contributed by atoms with Crippen LogP contribution in [0.3, 0.4) is 0 Å². The van der Waals surface area contributed by atoms with Crippen LogP contribution >= 0.6 is 11.8 Å². The number of thioether (sulfide) groups is 1. The Morgan fingerprint density at radius 3 is 2.86 bits per heavy atom. The summed E-state index contributed by atoms with van der Waals surface area (Å²) in [5.41, 5.74) is 0.909. The maximum atomic E-state index is 10.8. The SMILES string of the molecule is CCCc1nnc(SCC(=O)O)n1C(C)c1ccccn1. The van der Waals surface area contributed by atoms with E-state index in [4.69, 9.17) is 5.11 Å². The number of aromatic nitrogens is 4. The number of hydrogen-bond donors (Lipinski definition) is 1. The van der Waals surface area contributed by atoms with Crippen molar-refractivity contribution >= 4 is 17.7 Å². The van der Waals surface area contributed by atoms with Crippen molar-refractivity contribution in [1.82, 2.24) is 19.7 Å². The van der Waals surface area contributed by atoms with E-state index in [1.54, 1.807) is 6.20 Å². The van der Waals surface area contributed by atoms with Gasteiger partial charge in [0.2, 0.25) is 0 Å². The topological polar surface area (TPSA) is 80.9 Å². The highest BCUT2D eigenvalue weighted by atomic mass is 32.2. The molecule has 0 radical (unpaired) electrons. The summed E-state index contributed by atoms with van der Waals surface area (Å²) in [4.78, 5) is 15.1. The Labute approximate surface area is 127 Å². The molecule has 0 amide bonds. The molecule has 0 aromatic carbocycles. The summed E-state index contributed by atoms with van der Waals surface area (Å²) in [6.07, 6.45) is 3.51. The van der Waals surface area contributed by atoms with E-state index in [1.165, 1.54) is 11.8 Å². The molecule has 1 N–H and O–H groups in total. The number of hydrogen-bond acceptors (Lipinski definition) is 5. The van der Waals surface area contributed by atoms with E-state index in [0.717, 1.165) is 24.4 Å². The second kappa shape index (κ2) is 7.21. The van der Waals surface area contributed by atoms with Crippen LogP contribution in [0.2, 0.25) is 0 Å². The minimum absolute atomic E-state index is 0.0286. The van der Waals surface area contributed by atoms with Crippen LogP contribution in [-0.2, 0) is 11.2 Å². The summed E-state index contributed by atoms with van der Waals surface area (Å²) in [7, 11) is 0. The van der Waals surface area contributed by atoms with E-state index in [-0.39, 0.29) is 11.8 Å². The summed E-state index contributed by atoms with van der Waals surface area (Å²) in [5.74, 6) is -0.0280. The molecule has 0 saturated carbocycles. The van der Waals surface area contributed by atoms with Crippen molar-refractivity contribution in [2.24, 2.45) is 0 Å². The minimum atomic E-state index is -0.864. The van der Waals surface area contributed by atoms with Crippen LogP contribution in [-0.4, -0.2) is 36.6 Å². The smallest absolute Gasteiger partial charge is 0.313 e. The molecule has 1 unspecified atom stereocenters. The first-order valence-corrected chi connectivity index (χ1v) is 7.81. The molecule has 21 heavy (non-hydrogen) atoms. The number of carboxylic acids is 1. The fourth-order valence-corrected chi connectivity index (χ4v) is 2.82. The van der Waals surface area contributed by atoms with Crippen LogP contribution in [0, 0.1) is 0 Å². The Hall–Kier alpha value is -1.89. The molecule has 0 bridgehead atoms. The number of rotatable bonds is 7. The molecular formula is C14H18N4O2S. The van der Waals surface area contributed by atoms with Crippen LogP contribution in [0.4, 0.5) is 0 Å². The Morgan fingerprint density at radius 1 is 1.43 bits per heavy atom. The summed E-state index contributed by atoms with van der Waals surface area (Å²) in [5, 5.41) is 17.8. The van der Waals surface area contributed by atoms with E-state index in [0.29, 0.717) is 5.16 Å². The predicted molar refractivity (Wildman–Crippen MR) is 80.4 cm³/mol. The van der Waals surface area contributed by atoms with Crippen molar-refractivity contribution in [2.45, 2.75) is 37.9 Å². The van der Waals surface area contributed by atoms with Gasteiger partial charge in [-0.25, -0.2) is 0 Å². The average molecular weight is 306 g/mol. The molecule has 0 spiro atoms. The van der Waals surface area contributed by atoms with E-state index < -0.39 is 5.97 Å². The maximum absolute atomic E-state index is 10.8. The lowest BCUT2D eigenvalue weighted by molar-refractivity contribution is -0.133. The quantitative estimate of drug-likeness (QED) is 0.791. The van der Waals surface area contributed by atoms with Crippen LogP contribution in [0.25, 0.3) is 0 Å². The first-order chi connectivity index (χ1) is 10.1. The van der Waals surface area contributed by atoms with Gasteiger partial charge in [-0.3, -0.25) is 14.3 Å². The maximum Gasteiger partial charge on any atom is 0.313 e. The highest BCUT2D eigenvalue weighted by molar-refractivity contribution is 7.99. The first kappa shape index (κ1) is 15.5.